The molecule has 0 spiro atoms. The molecule has 0 rings (SSSR count). The molecule has 0 heterocycles. The average Bonchev–Trinajstić information content (AvgIpc) is 1.84. The number of ether oxygens (including phenoxy) is 1. The Morgan fingerprint density at radius 1 is 1.67 bits per heavy atom. The van der Waals surface area contributed by atoms with Gasteiger partial charge in [-0.05, 0) is 33.0 Å². The lowest BCUT2D eigenvalue weighted by Gasteiger charge is -2.18. The van der Waals surface area contributed by atoms with Gasteiger partial charge < -0.3 is 10.1 Å². The van der Waals surface area contributed by atoms with Crippen LogP contribution in [-0.4, -0.2) is 23.5 Å². The predicted octanol–water partition coefficient (Wildman–Crippen LogP) is 1.57. The van der Waals surface area contributed by atoms with E-state index in [4.69, 9.17) is 4.74 Å². The fraction of sp³-hybridized carbons (Fsp3) is 0.714. The van der Waals surface area contributed by atoms with Crippen LogP contribution >= 0.6 is 12.2 Å². The molecule has 1 N–H and O–H groups in total. The van der Waals surface area contributed by atoms with Gasteiger partial charge in [0, 0.05) is 0 Å². The lowest BCUT2D eigenvalue weighted by atomic mass is 10.2. The van der Waals surface area contributed by atoms with Crippen LogP contribution in [0.5, 0.6) is 0 Å². The van der Waals surface area contributed by atoms with E-state index in [-0.39, 0.29) is 6.67 Å². The van der Waals surface area contributed by atoms with Crippen molar-refractivity contribution in [2.45, 2.75) is 26.4 Å². The molecule has 68 valence electrons. The Labute approximate surface area is 77.0 Å². The van der Waals surface area contributed by atoms with Crippen LogP contribution in [0.15, 0.2) is 4.99 Å². The van der Waals surface area contributed by atoms with Gasteiger partial charge in [-0.3, -0.25) is 0 Å². The molecular formula is C7H12N2O2S. The van der Waals surface area contributed by atoms with E-state index in [0.717, 1.165) is 0 Å². The number of amides is 1. The van der Waals surface area contributed by atoms with E-state index < -0.39 is 11.7 Å². The summed E-state index contributed by atoms with van der Waals surface area (Å²) in [6.07, 6.45) is -0.503. The highest BCUT2D eigenvalue weighted by Crippen LogP contribution is 2.05. The number of nitrogens with one attached hydrogen (secondary N) is 1. The molecule has 0 aliphatic rings. The van der Waals surface area contributed by atoms with Crippen LogP contribution in [0.4, 0.5) is 4.79 Å². The number of carbonyl (C=O) groups excluding carboxylic acids is 1. The minimum atomic E-state index is -0.503. The smallest absolute Gasteiger partial charge is 0.409 e. The highest BCUT2D eigenvalue weighted by atomic mass is 32.1. The summed E-state index contributed by atoms with van der Waals surface area (Å²) in [5.74, 6) is 0. The Hall–Kier alpha value is -0.930. The van der Waals surface area contributed by atoms with Crippen LogP contribution in [0, 0.1) is 0 Å². The van der Waals surface area contributed by atoms with E-state index in [0.29, 0.717) is 0 Å². The van der Waals surface area contributed by atoms with Crippen molar-refractivity contribution < 1.29 is 9.53 Å². The molecule has 5 heteroatoms. The number of alkyl carbamates (subject to hydrolysis) is 1. The Bertz CT molecular complexity index is 204. The van der Waals surface area contributed by atoms with Gasteiger partial charge in [0.1, 0.15) is 12.3 Å². The third-order valence-electron chi connectivity index (χ3n) is 0.766. The summed E-state index contributed by atoms with van der Waals surface area (Å²) in [7, 11) is 0. The van der Waals surface area contributed by atoms with Gasteiger partial charge in [0.25, 0.3) is 0 Å². The molecular weight excluding hydrogens is 176 g/mol. The molecule has 0 aliphatic heterocycles. The molecule has 0 aromatic rings. The molecule has 0 saturated heterocycles. The summed E-state index contributed by atoms with van der Waals surface area (Å²) in [6.45, 7) is 5.47. The molecule has 0 aromatic carbocycles. The van der Waals surface area contributed by atoms with Crippen LogP contribution < -0.4 is 5.32 Å². The second kappa shape index (κ2) is 4.85. The summed E-state index contributed by atoms with van der Waals surface area (Å²) in [4.78, 5) is 14.4. The van der Waals surface area contributed by atoms with Crippen molar-refractivity contribution in [3.05, 3.63) is 0 Å². The first kappa shape index (κ1) is 11.1. The van der Waals surface area contributed by atoms with E-state index >= 15 is 0 Å². The van der Waals surface area contributed by atoms with Crippen molar-refractivity contribution in [1.29, 1.82) is 0 Å². The Morgan fingerprint density at radius 3 is 2.67 bits per heavy atom. The highest BCUT2D eigenvalue weighted by molar-refractivity contribution is 7.78. The van der Waals surface area contributed by atoms with Crippen molar-refractivity contribution in [2.75, 3.05) is 6.67 Å². The fourth-order valence-corrected chi connectivity index (χ4v) is 0.515. The molecule has 0 radical (unpaired) electrons. The third kappa shape index (κ3) is 7.18. The zero-order chi connectivity index (χ0) is 9.61. The Morgan fingerprint density at radius 2 is 2.25 bits per heavy atom. The van der Waals surface area contributed by atoms with Gasteiger partial charge >= 0.3 is 6.09 Å². The van der Waals surface area contributed by atoms with Gasteiger partial charge in [-0.2, -0.15) is 0 Å². The van der Waals surface area contributed by atoms with Crippen molar-refractivity contribution in [3.63, 3.8) is 0 Å². The normalized spacial score (nSPS) is 9.92. The van der Waals surface area contributed by atoms with Crippen LogP contribution in [0.1, 0.15) is 20.8 Å². The van der Waals surface area contributed by atoms with Gasteiger partial charge in [-0.1, -0.05) is 0 Å². The van der Waals surface area contributed by atoms with Crippen molar-refractivity contribution >= 4 is 23.5 Å². The van der Waals surface area contributed by atoms with E-state index in [1.807, 2.05) is 0 Å². The van der Waals surface area contributed by atoms with E-state index in [2.05, 4.69) is 27.7 Å². The van der Waals surface area contributed by atoms with Crippen LogP contribution in [0.2, 0.25) is 0 Å². The van der Waals surface area contributed by atoms with Crippen LogP contribution in [-0.2, 0) is 4.74 Å². The number of hydrogen-bond donors (Lipinski definition) is 1. The van der Waals surface area contributed by atoms with Crippen molar-refractivity contribution in [1.82, 2.24) is 5.32 Å². The standard InChI is InChI=1S/C7H12N2O2S/c1-7(2,3)11-6(10)9-4-8-5-12/h4H2,1-3H3,(H,9,10). The number of rotatable bonds is 2. The maximum absolute atomic E-state index is 10.9. The molecule has 0 atom stereocenters. The molecule has 0 aromatic heterocycles. The number of nitrogens with zero attached hydrogens (tertiary/aromatic N) is 1. The lowest BCUT2D eigenvalue weighted by molar-refractivity contribution is 0.0530. The van der Waals surface area contributed by atoms with Crippen molar-refractivity contribution in [2.24, 2.45) is 4.99 Å². The molecule has 1 amide bonds. The molecule has 0 aliphatic carbocycles. The first-order valence-electron chi connectivity index (χ1n) is 3.46. The van der Waals surface area contributed by atoms with Gasteiger partial charge in [0.15, 0.2) is 0 Å². The summed E-state index contributed by atoms with van der Waals surface area (Å²) >= 11 is 4.30. The maximum Gasteiger partial charge on any atom is 0.409 e. The second-order valence-corrected chi connectivity index (χ2v) is 3.27. The Kier molecular flexibility index (Phi) is 4.47. The number of hydrogen-bond acceptors (Lipinski definition) is 4. The first-order chi connectivity index (χ1) is 5.45. The monoisotopic (exact) mass is 188 g/mol. The second-order valence-electron chi connectivity index (χ2n) is 3.09. The highest BCUT2D eigenvalue weighted by Gasteiger charge is 2.14. The molecule has 0 unspecified atom stereocenters. The molecule has 0 fully saturated rings. The lowest BCUT2D eigenvalue weighted by Crippen LogP contribution is -2.32. The minimum Gasteiger partial charge on any atom is -0.444 e. The van der Waals surface area contributed by atoms with Gasteiger partial charge in [0.05, 0.1) is 5.16 Å². The largest absolute Gasteiger partial charge is 0.444 e. The molecule has 0 bridgehead atoms. The minimum absolute atomic E-state index is 0.110. The number of carbonyl (C=O) groups is 1. The summed E-state index contributed by atoms with van der Waals surface area (Å²) in [5.41, 5.74) is -0.481. The molecule has 0 saturated carbocycles. The summed E-state index contributed by atoms with van der Waals surface area (Å²) in [6, 6.07) is 0. The number of thiocarbonyl (C=S) groups is 1. The maximum atomic E-state index is 10.9. The fourth-order valence-electron chi connectivity index (χ4n) is 0.451. The van der Waals surface area contributed by atoms with Gasteiger partial charge in [-0.25, -0.2) is 9.79 Å². The van der Waals surface area contributed by atoms with E-state index in [1.165, 1.54) is 0 Å². The zero-order valence-corrected chi connectivity index (χ0v) is 8.20. The number of isothiocyanates is 1. The van der Waals surface area contributed by atoms with Gasteiger partial charge in [-0.15, -0.1) is 0 Å². The summed E-state index contributed by atoms with van der Waals surface area (Å²) < 4.78 is 4.91. The third-order valence-corrected chi connectivity index (χ3v) is 0.895. The van der Waals surface area contributed by atoms with Crippen molar-refractivity contribution in [3.8, 4) is 0 Å². The summed E-state index contributed by atoms with van der Waals surface area (Å²) in [5, 5.41) is 4.51. The van der Waals surface area contributed by atoms with Gasteiger partial charge in [0.2, 0.25) is 0 Å². The topological polar surface area (TPSA) is 50.7 Å². The predicted molar refractivity (Wildman–Crippen MR) is 49.3 cm³/mol. The van der Waals surface area contributed by atoms with E-state index in [1.54, 1.807) is 20.8 Å². The quantitative estimate of drug-likeness (QED) is 0.528. The van der Waals surface area contributed by atoms with Crippen LogP contribution in [0.3, 0.4) is 0 Å². The SMILES string of the molecule is CC(C)(C)OC(=O)NCN=C=S. The average molecular weight is 188 g/mol. The first-order valence-corrected chi connectivity index (χ1v) is 3.87. The Balaban J connectivity index is 3.68. The van der Waals surface area contributed by atoms with E-state index in [9.17, 15) is 4.79 Å². The molecule has 4 nitrogen and oxygen atoms in total. The number of aliphatic imine (C=N–C) groups is 1. The molecule has 12 heavy (non-hydrogen) atoms. The van der Waals surface area contributed by atoms with Crippen LogP contribution in [0.25, 0.3) is 0 Å². The zero-order valence-electron chi connectivity index (χ0n) is 7.38.